The lowest BCUT2D eigenvalue weighted by molar-refractivity contribution is 0.199. The molecule has 0 aliphatic heterocycles. The molecule has 1 N–H and O–H groups in total. The van der Waals surface area contributed by atoms with Crippen LogP contribution in [0.2, 0.25) is 0 Å². The van der Waals surface area contributed by atoms with Crippen LogP contribution in [0, 0.1) is 5.82 Å². The van der Waals surface area contributed by atoms with Crippen molar-refractivity contribution in [3.8, 4) is 0 Å². The quantitative estimate of drug-likeness (QED) is 0.908. The third-order valence-corrected chi connectivity index (χ3v) is 3.18. The van der Waals surface area contributed by atoms with E-state index in [4.69, 9.17) is 0 Å². The molecule has 0 spiro atoms. The van der Waals surface area contributed by atoms with Crippen molar-refractivity contribution in [3.05, 3.63) is 65.5 Å². The minimum atomic E-state index is -0.467. The van der Waals surface area contributed by atoms with E-state index >= 15 is 0 Å². The van der Waals surface area contributed by atoms with Crippen LogP contribution < -0.4 is 4.90 Å². The molecule has 0 aromatic heterocycles. The lowest BCUT2D eigenvalue weighted by Crippen LogP contribution is -2.17. The lowest BCUT2D eigenvalue weighted by atomic mass is 10.1. The molecular formula is C16H18FNO. The van der Waals surface area contributed by atoms with Gasteiger partial charge in [-0.3, -0.25) is 0 Å². The highest BCUT2D eigenvalue weighted by Gasteiger charge is 2.07. The zero-order valence-corrected chi connectivity index (χ0v) is 11.2. The maximum absolute atomic E-state index is 13.6. The predicted molar refractivity (Wildman–Crippen MR) is 75.6 cm³/mol. The van der Waals surface area contributed by atoms with Crippen molar-refractivity contribution < 1.29 is 9.50 Å². The van der Waals surface area contributed by atoms with Gasteiger partial charge in [-0.15, -0.1) is 0 Å². The Morgan fingerprint density at radius 1 is 1.11 bits per heavy atom. The molecule has 0 heterocycles. The summed E-state index contributed by atoms with van der Waals surface area (Å²) in [6.45, 7) is 2.25. The Morgan fingerprint density at radius 2 is 1.74 bits per heavy atom. The van der Waals surface area contributed by atoms with Crippen molar-refractivity contribution in [2.75, 3.05) is 11.9 Å². The van der Waals surface area contributed by atoms with Crippen molar-refractivity contribution >= 4 is 5.69 Å². The third-order valence-electron chi connectivity index (χ3n) is 3.18. The molecule has 0 saturated heterocycles. The van der Waals surface area contributed by atoms with Crippen molar-refractivity contribution in [1.29, 1.82) is 0 Å². The van der Waals surface area contributed by atoms with Crippen LogP contribution in [0.15, 0.2) is 48.5 Å². The summed E-state index contributed by atoms with van der Waals surface area (Å²) < 4.78 is 13.6. The van der Waals surface area contributed by atoms with Crippen LogP contribution in [-0.4, -0.2) is 12.2 Å². The van der Waals surface area contributed by atoms with Crippen LogP contribution in [0.25, 0.3) is 0 Å². The van der Waals surface area contributed by atoms with Crippen molar-refractivity contribution in [3.63, 3.8) is 0 Å². The van der Waals surface area contributed by atoms with Gasteiger partial charge >= 0.3 is 0 Å². The van der Waals surface area contributed by atoms with Crippen molar-refractivity contribution in [2.24, 2.45) is 0 Å². The first-order valence-electron chi connectivity index (χ1n) is 6.30. The number of anilines is 1. The first kappa shape index (κ1) is 13.6. The summed E-state index contributed by atoms with van der Waals surface area (Å²) in [5.74, 6) is -0.185. The number of hydrogen-bond donors (Lipinski definition) is 1. The Labute approximate surface area is 113 Å². The van der Waals surface area contributed by atoms with Crippen LogP contribution in [0.1, 0.15) is 24.2 Å². The number of rotatable bonds is 4. The van der Waals surface area contributed by atoms with E-state index in [1.54, 1.807) is 19.1 Å². The molecule has 0 aliphatic rings. The first-order valence-corrected chi connectivity index (χ1v) is 6.30. The van der Waals surface area contributed by atoms with E-state index in [-0.39, 0.29) is 5.82 Å². The van der Waals surface area contributed by atoms with Gasteiger partial charge in [0.05, 0.1) is 6.10 Å². The monoisotopic (exact) mass is 259 g/mol. The topological polar surface area (TPSA) is 23.5 Å². The van der Waals surface area contributed by atoms with Gasteiger partial charge in [-0.2, -0.15) is 0 Å². The predicted octanol–water partition coefficient (Wildman–Crippen LogP) is 3.52. The van der Waals surface area contributed by atoms with Crippen LogP contribution in [-0.2, 0) is 6.54 Å². The first-order chi connectivity index (χ1) is 9.08. The molecule has 3 heteroatoms. The fraction of sp³-hybridized carbons (Fsp3) is 0.250. The fourth-order valence-electron chi connectivity index (χ4n) is 1.98. The van der Waals surface area contributed by atoms with E-state index in [1.807, 2.05) is 42.3 Å². The Morgan fingerprint density at radius 3 is 2.32 bits per heavy atom. The van der Waals surface area contributed by atoms with Gasteiger partial charge in [-0.05, 0) is 30.7 Å². The van der Waals surface area contributed by atoms with Crippen LogP contribution in [0.4, 0.5) is 10.1 Å². The van der Waals surface area contributed by atoms with Gasteiger partial charge in [-0.25, -0.2) is 4.39 Å². The molecule has 100 valence electrons. The van der Waals surface area contributed by atoms with Gasteiger partial charge in [0.15, 0.2) is 0 Å². The van der Waals surface area contributed by atoms with Gasteiger partial charge in [0.25, 0.3) is 0 Å². The summed E-state index contributed by atoms with van der Waals surface area (Å²) in [6.07, 6.45) is -0.467. The highest BCUT2D eigenvalue weighted by Crippen LogP contribution is 2.20. The number of benzene rings is 2. The van der Waals surface area contributed by atoms with Crippen LogP contribution >= 0.6 is 0 Å². The van der Waals surface area contributed by atoms with Gasteiger partial charge in [-0.1, -0.05) is 30.3 Å². The summed E-state index contributed by atoms with van der Waals surface area (Å²) in [7, 11) is 1.92. The summed E-state index contributed by atoms with van der Waals surface area (Å²) >= 11 is 0. The minimum absolute atomic E-state index is 0.185. The third kappa shape index (κ3) is 3.32. The zero-order chi connectivity index (χ0) is 13.8. The molecule has 0 fully saturated rings. The maximum atomic E-state index is 13.6. The van der Waals surface area contributed by atoms with E-state index in [2.05, 4.69) is 0 Å². The average Bonchev–Trinajstić information content (AvgIpc) is 2.41. The SMILES string of the molecule is CC(O)c1ccc(N(C)Cc2ccccc2F)cc1. The number of nitrogens with zero attached hydrogens (tertiary/aromatic N) is 1. The Kier molecular flexibility index (Phi) is 4.17. The van der Waals surface area contributed by atoms with Crippen LogP contribution in [0.5, 0.6) is 0 Å². The molecule has 2 aromatic rings. The number of aliphatic hydroxyl groups is 1. The Balaban J connectivity index is 2.12. The summed E-state index contributed by atoms with van der Waals surface area (Å²) in [5, 5.41) is 9.46. The standard InChI is InChI=1S/C16H18FNO/c1-12(19)13-7-9-15(10-8-13)18(2)11-14-5-3-4-6-16(14)17/h3-10,12,19H,11H2,1-2H3. The fourth-order valence-corrected chi connectivity index (χ4v) is 1.98. The van der Waals surface area contributed by atoms with Crippen molar-refractivity contribution in [2.45, 2.75) is 19.6 Å². The molecule has 0 saturated carbocycles. The van der Waals surface area contributed by atoms with E-state index in [1.165, 1.54) is 6.07 Å². The highest BCUT2D eigenvalue weighted by atomic mass is 19.1. The normalized spacial score (nSPS) is 12.2. The molecule has 1 unspecified atom stereocenters. The zero-order valence-electron chi connectivity index (χ0n) is 11.2. The van der Waals surface area contributed by atoms with Crippen molar-refractivity contribution in [1.82, 2.24) is 0 Å². The molecule has 0 amide bonds. The largest absolute Gasteiger partial charge is 0.389 e. The smallest absolute Gasteiger partial charge is 0.128 e. The molecular weight excluding hydrogens is 241 g/mol. The van der Waals surface area contributed by atoms with E-state index in [0.29, 0.717) is 12.1 Å². The highest BCUT2D eigenvalue weighted by molar-refractivity contribution is 5.47. The number of halogens is 1. The number of aliphatic hydroxyl groups excluding tert-OH is 1. The Hall–Kier alpha value is -1.87. The van der Waals surface area contributed by atoms with Gasteiger partial charge in [0, 0.05) is 24.8 Å². The summed E-state index contributed by atoms with van der Waals surface area (Å²) in [5.41, 5.74) is 2.54. The van der Waals surface area contributed by atoms with Gasteiger partial charge < -0.3 is 10.0 Å². The second-order valence-corrected chi connectivity index (χ2v) is 4.71. The maximum Gasteiger partial charge on any atom is 0.128 e. The van der Waals surface area contributed by atoms with E-state index < -0.39 is 6.10 Å². The van der Waals surface area contributed by atoms with Gasteiger partial charge in [0.2, 0.25) is 0 Å². The van der Waals surface area contributed by atoms with Gasteiger partial charge in [0.1, 0.15) is 5.82 Å². The molecule has 0 bridgehead atoms. The molecule has 2 aromatic carbocycles. The molecule has 2 nitrogen and oxygen atoms in total. The second kappa shape index (κ2) is 5.85. The van der Waals surface area contributed by atoms with Crippen LogP contribution in [0.3, 0.4) is 0 Å². The molecule has 1 atom stereocenters. The summed E-state index contributed by atoms with van der Waals surface area (Å²) in [4.78, 5) is 1.98. The Bertz CT molecular complexity index is 537. The molecule has 0 aliphatic carbocycles. The molecule has 2 rings (SSSR count). The summed E-state index contributed by atoms with van der Waals surface area (Å²) in [6, 6.07) is 14.4. The molecule has 19 heavy (non-hydrogen) atoms. The minimum Gasteiger partial charge on any atom is -0.389 e. The van der Waals surface area contributed by atoms with E-state index in [9.17, 15) is 9.50 Å². The lowest BCUT2D eigenvalue weighted by Gasteiger charge is -2.20. The molecule has 0 radical (unpaired) electrons. The average molecular weight is 259 g/mol. The number of hydrogen-bond acceptors (Lipinski definition) is 2. The second-order valence-electron chi connectivity index (χ2n) is 4.71. The van der Waals surface area contributed by atoms with E-state index in [0.717, 1.165) is 11.3 Å².